The number of carbonyl (C=O) groups is 1. The van der Waals surface area contributed by atoms with Crippen LogP contribution in [0, 0.1) is 11.8 Å². The van der Waals surface area contributed by atoms with E-state index in [9.17, 15) is 4.79 Å². The lowest BCUT2D eigenvalue weighted by Gasteiger charge is -2.28. The fourth-order valence-electron chi connectivity index (χ4n) is 1.79. The Morgan fingerprint density at radius 3 is 2.22 bits per heavy atom. The van der Waals surface area contributed by atoms with E-state index in [0.717, 1.165) is 12.2 Å². The highest BCUT2D eigenvalue weighted by molar-refractivity contribution is 6.30. The van der Waals surface area contributed by atoms with Crippen LogP contribution in [0.15, 0.2) is 24.3 Å². The normalized spacial score (nSPS) is 12.5. The van der Waals surface area contributed by atoms with Gasteiger partial charge in [-0.1, -0.05) is 32.4 Å². The molecule has 0 bridgehead atoms. The molecule has 0 saturated heterocycles. The first-order chi connectivity index (χ1) is 8.40. The molecule has 0 aliphatic heterocycles. The van der Waals surface area contributed by atoms with E-state index in [1.54, 1.807) is 6.92 Å². The molecule has 1 atom stereocenters. The summed E-state index contributed by atoms with van der Waals surface area (Å²) in [6.45, 7) is 7.31. The van der Waals surface area contributed by atoms with Crippen molar-refractivity contribution in [3.8, 4) is 0 Å². The molecular weight excluding hydrogens is 250 g/mol. The van der Waals surface area contributed by atoms with Gasteiger partial charge in [-0.05, 0) is 30.2 Å². The number of carboxylic acid groups (broad SMARTS) is 1. The van der Waals surface area contributed by atoms with Crippen molar-refractivity contribution in [2.24, 2.45) is 11.8 Å². The molecule has 0 radical (unpaired) electrons. The van der Waals surface area contributed by atoms with Gasteiger partial charge >= 0.3 is 5.97 Å². The van der Waals surface area contributed by atoms with Crippen molar-refractivity contribution in [1.82, 2.24) is 0 Å². The standard InChI is InChI=1S/C14H20ClNO2/c1-10(2)8-16(9-11(3)14(17)18)13-6-4-12(15)5-7-13/h4-7,10-11H,8-9H2,1-3H3,(H,17,18). The summed E-state index contributed by atoms with van der Waals surface area (Å²) in [6.07, 6.45) is 0. The third kappa shape index (κ3) is 4.57. The molecule has 1 aromatic carbocycles. The molecule has 18 heavy (non-hydrogen) atoms. The van der Waals surface area contributed by atoms with Gasteiger partial charge in [0.15, 0.2) is 0 Å². The lowest BCUT2D eigenvalue weighted by Crippen LogP contribution is -2.34. The van der Waals surface area contributed by atoms with Crippen LogP contribution in [0.1, 0.15) is 20.8 Å². The van der Waals surface area contributed by atoms with E-state index in [2.05, 4.69) is 18.7 Å². The monoisotopic (exact) mass is 269 g/mol. The van der Waals surface area contributed by atoms with Gasteiger partial charge in [0, 0.05) is 23.8 Å². The third-order valence-corrected chi connectivity index (χ3v) is 2.95. The van der Waals surface area contributed by atoms with E-state index in [-0.39, 0.29) is 5.92 Å². The van der Waals surface area contributed by atoms with Crippen LogP contribution in [-0.4, -0.2) is 24.2 Å². The molecule has 0 aliphatic rings. The first-order valence-corrected chi connectivity index (χ1v) is 6.51. The number of benzene rings is 1. The number of hydrogen-bond acceptors (Lipinski definition) is 2. The third-order valence-electron chi connectivity index (χ3n) is 2.69. The number of aliphatic carboxylic acids is 1. The molecule has 0 fully saturated rings. The van der Waals surface area contributed by atoms with Crippen molar-refractivity contribution in [1.29, 1.82) is 0 Å². The smallest absolute Gasteiger partial charge is 0.308 e. The molecule has 3 nitrogen and oxygen atoms in total. The van der Waals surface area contributed by atoms with Crippen molar-refractivity contribution < 1.29 is 9.90 Å². The molecule has 0 heterocycles. The molecule has 1 N–H and O–H groups in total. The Morgan fingerprint density at radius 1 is 1.22 bits per heavy atom. The van der Waals surface area contributed by atoms with E-state index in [0.29, 0.717) is 17.5 Å². The van der Waals surface area contributed by atoms with E-state index in [1.165, 1.54) is 0 Å². The minimum atomic E-state index is -0.766. The zero-order chi connectivity index (χ0) is 13.7. The van der Waals surface area contributed by atoms with Gasteiger partial charge in [-0.15, -0.1) is 0 Å². The number of carboxylic acids is 1. The number of rotatable bonds is 6. The van der Waals surface area contributed by atoms with Crippen LogP contribution in [-0.2, 0) is 4.79 Å². The second-order valence-electron chi connectivity index (χ2n) is 5.01. The number of hydrogen-bond donors (Lipinski definition) is 1. The lowest BCUT2D eigenvalue weighted by molar-refractivity contribution is -0.140. The van der Waals surface area contributed by atoms with Gasteiger partial charge in [-0.25, -0.2) is 0 Å². The van der Waals surface area contributed by atoms with Crippen LogP contribution in [0.25, 0.3) is 0 Å². The van der Waals surface area contributed by atoms with Crippen molar-refractivity contribution in [3.05, 3.63) is 29.3 Å². The van der Waals surface area contributed by atoms with Crippen molar-refractivity contribution in [2.45, 2.75) is 20.8 Å². The molecule has 0 aromatic heterocycles. The van der Waals surface area contributed by atoms with Gasteiger partial charge in [0.2, 0.25) is 0 Å². The lowest BCUT2D eigenvalue weighted by atomic mass is 10.1. The van der Waals surface area contributed by atoms with Gasteiger partial charge in [0.25, 0.3) is 0 Å². The number of nitrogens with zero attached hydrogens (tertiary/aromatic N) is 1. The quantitative estimate of drug-likeness (QED) is 0.859. The maximum atomic E-state index is 11.0. The van der Waals surface area contributed by atoms with Crippen LogP contribution in [0.4, 0.5) is 5.69 Å². The fourth-order valence-corrected chi connectivity index (χ4v) is 1.91. The molecule has 100 valence electrons. The van der Waals surface area contributed by atoms with Crippen LogP contribution in [0.3, 0.4) is 0 Å². The maximum Gasteiger partial charge on any atom is 0.308 e. The molecule has 0 amide bonds. The van der Waals surface area contributed by atoms with Crippen molar-refractivity contribution >= 4 is 23.3 Å². The van der Waals surface area contributed by atoms with E-state index in [1.807, 2.05) is 24.3 Å². The van der Waals surface area contributed by atoms with Crippen molar-refractivity contribution in [3.63, 3.8) is 0 Å². The summed E-state index contributed by atoms with van der Waals surface area (Å²) in [5, 5.41) is 9.70. The Kier molecular flexibility index (Phi) is 5.48. The zero-order valence-corrected chi connectivity index (χ0v) is 11.8. The topological polar surface area (TPSA) is 40.5 Å². The molecule has 4 heteroatoms. The van der Waals surface area contributed by atoms with Gasteiger partial charge in [0.1, 0.15) is 0 Å². The minimum Gasteiger partial charge on any atom is -0.481 e. The van der Waals surface area contributed by atoms with Crippen LogP contribution in [0.2, 0.25) is 5.02 Å². The summed E-state index contributed by atoms with van der Waals surface area (Å²) in [7, 11) is 0. The highest BCUT2D eigenvalue weighted by Gasteiger charge is 2.17. The van der Waals surface area contributed by atoms with Crippen LogP contribution >= 0.6 is 11.6 Å². The Balaban J connectivity index is 2.83. The highest BCUT2D eigenvalue weighted by atomic mass is 35.5. The summed E-state index contributed by atoms with van der Waals surface area (Å²) < 4.78 is 0. The van der Waals surface area contributed by atoms with Gasteiger partial charge < -0.3 is 10.0 Å². The molecule has 0 aliphatic carbocycles. The Bertz CT molecular complexity index is 389. The van der Waals surface area contributed by atoms with Gasteiger partial charge in [-0.2, -0.15) is 0 Å². The van der Waals surface area contributed by atoms with Crippen molar-refractivity contribution in [2.75, 3.05) is 18.0 Å². The average molecular weight is 270 g/mol. The predicted molar refractivity (Wildman–Crippen MR) is 75.3 cm³/mol. The maximum absolute atomic E-state index is 11.0. The first-order valence-electron chi connectivity index (χ1n) is 6.13. The Labute approximate surface area is 113 Å². The number of halogens is 1. The zero-order valence-electron chi connectivity index (χ0n) is 11.1. The van der Waals surface area contributed by atoms with E-state index in [4.69, 9.17) is 16.7 Å². The van der Waals surface area contributed by atoms with Crippen LogP contribution in [0.5, 0.6) is 0 Å². The van der Waals surface area contributed by atoms with Gasteiger partial charge in [-0.3, -0.25) is 4.79 Å². The molecule has 0 saturated carbocycles. The number of anilines is 1. The molecule has 1 rings (SSSR count). The van der Waals surface area contributed by atoms with E-state index < -0.39 is 5.97 Å². The summed E-state index contributed by atoms with van der Waals surface area (Å²) in [5.74, 6) is -0.682. The molecule has 1 unspecified atom stereocenters. The van der Waals surface area contributed by atoms with Crippen LogP contribution < -0.4 is 4.90 Å². The summed E-state index contributed by atoms with van der Waals surface area (Å²) in [5.41, 5.74) is 1.02. The largest absolute Gasteiger partial charge is 0.481 e. The predicted octanol–water partition coefficient (Wildman–Crippen LogP) is 3.52. The highest BCUT2D eigenvalue weighted by Crippen LogP contribution is 2.20. The fraction of sp³-hybridized carbons (Fsp3) is 0.500. The first kappa shape index (κ1) is 14.8. The Hall–Kier alpha value is -1.22. The summed E-state index contributed by atoms with van der Waals surface area (Å²) >= 11 is 5.87. The average Bonchev–Trinajstić information content (AvgIpc) is 2.28. The minimum absolute atomic E-state index is 0.389. The summed E-state index contributed by atoms with van der Waals surface area (Å²) in [6, 6.07) is 7.52. The summed E-state index contributed by atoms with van der Waals surface area (Å²) in [4.78, 5) is 13.1. The molecule has 1 aromatic rings. The molecular formula is C14H20ClNO2. The second kappa shape index (κ2) is 6.64. The Morgan fingerprint density at radius 2 is 1.78 bits per heavy atom. The SMILES string of the molecule is CC(C)CN(CC(C)C(=O)O)c1ccc(Cl)cc1. The molecule has 0 spiro atoms. The van der Waals surface area contributed by atoms with Gasteiger partial charge in [0.05, 0.1) is 5.92 Å². The second-order valence-corrected chi connectivity index (χ2v) is 5.45. The van der Waals surface area contributed by atoms with E-state index >= 15 is 0 Å².